The maximum absolute atomic E-state index is 11.6. The number of rotatable bonds is 5. The first-order valence-electron chi connectivity index (χ1n) is 6.29. The van der Waals surface area contributed by atoms with Crippen molar-refractivity contribution in [3.8, 4) is 0 Å². The molecule has 0 spiro atoms. The normalized spacial score (nSPS) is 10.8. The summed E-state index contributed by atoms with van der Waals surface area (Å²) in [4.78, 5) is 15.9. The van der Waals surface area contributed by atoms with E-state index in [0.29, 0.717) is 25.5 Å². The number of fused-ring (bicyclic) bond motifs is 1. The first-order valence-corrected chi connectivity index (χ1v) is 7.09. The summed E-state index contributed by atoms with van der Waals surface area (Å²) in [5.41, 5.74) is 7.68. The highest BCUT2D eigenvalue weighted by Gasteiger charge is 2.09. The van der Waals surface area contributed by atoms with E-state index < -0.39 is 0 Å². The van der Waals surface area contributed by atoms with Crippen LogP contribution in [-0.4, -0.2) is 22.0 Å². The number of hydrogen-bond donors (Lipinski definition) is 2. The number of halogens is 1. The van der Waals surface area contributed by atoms with Crippen LogP contribution in [0.4, 0.5) is 5.95 Å². The van der Waals surface area contributed by atoms with E-state index in [9.17, 15) is 4.79 Å². The third-order valence-electron chi connectivity index (χ3n) is 2.87. The number of nitrogens with one attached hydrogen (secondary N) is 1. The standard InChI is InChI=1S/C13H17BrN4O/c1-2-6-16-12(19)5-7-18-11-4-3-9(14)8-10(11)17-13(18)15/h3-4,8H,2,5-7H2,1H3,(H2,15,17)(H,16,19). The summed E-state index contributed by atoms with van der Waals surface area (Å²) in [6.07, 6.45) is 1.35. The summed E-state index contributed by atoms with van der Waals surface area (Å²) in [7, 11) is 0. The average molecular weight is 325 g/mol. The Bertz CT molecular complexity index is 594. The van der Waals surface area contributed by atoms with Crippen molar-refractivity contribution in [2.24, 2.45) is 0 Å². The van der Waals surface area contributed by atoms with E-state index in [2.05, 4.69) is 26.2 Å². The molecule has 0 saturated carbocycles. The molecule has 0 radical (unpaired) electrons. The van der Waals surface area contributed by atoms with Crippen molar-refractivity contribution in [3.63, 3.8) is 0 Å². The molecule has 2 rings (SSSR count). The zero-order valence-electron chi connectivity index (χ0n) is 10.8. The van der Waals surface area contributed by atoms with Crippen molar-refractivity contribution in [1.82, 2.24) is 14.9 Å². The summed E-state index contributed by atoms with van der Waals surface area (Å²) >= 11 is 3.40. The smallest absolute Gasteiger partial charge is 0.221 e. The highest BCUT2D eigenvalue weighted by molar-refractivity contribution is 9.10. The lowest BCUT2D eigenvalue weighted by Crippen LogP contribution is -2.25. The van der Waals surface area contributed by atoms with Crippen LogP contribution in [-0.2, 0) is 11.3 Å². The molecule has 0 aliphatic heterocycles. The number of aromatic nitrogens is 2. The predicted octanol–water partition coefficient (Wildman–Crippen LogP) is 2.30. The van der Waals surface area contributed by atoms with E-state index in [1.165, 1.54) is 0 Å². The van der Waals surface area contributed by atoms with Gasteiger partial charge in [0.1, 0.15) is 0 Å². The number of carbonyl (C=O) groups excluding carboxylic acids is 1. The van der Waals surface area contributed by atoms with Gasteiger partial charge in [0.15, 0.2) is 0 Å². The lowest BCUT2D eigenvalue weighted by molar-refractivity contribution is -0.121. The SMILES string of the molecule is CCCNC(=O)CCn1c(N)nc2cc(Br)ccc21. The second-order valence-electron chi connectivity index (χ2n) is 4.35. The van der Waals surface area contributed by atoms with Crippen molar-refractivity contribution >= 4 is 38.8 Å². The Morgan fingerprint density at radius 1 is 1.53 bits per heavy atom. The van der Waals surface area contributed by atoms with E-state index in [0.717, 1.165) is 21.9 Å². The van der Waals surface area contributed by atoms with Crippen molar-refractivity contribution in [2.75, 3.05) is 12.3 Å². The Balaban J connectivity index is 2.12. The summed E-state index contributed by atoms with van der Waals surface area (Å²) in [5.74, 6) is 0.483. The lowest BCUT2D eigenvalue weighted by Gasteiger charge is -2.07. The predicted molar refractivity (Wildman–Crippen MR) is 79.8 cm³/mol. The van der Waals surface area contributed by atoms with Crippen molar-refractivity contribution < 1.29 is 4.79 Å². The molecular formula is C13H17BrN4O. The van der Waals surface area contributed by atoms with E-state index in [-0.39, 0.29) is 5.91 Å². The third-order valence-corrected chi connectivity index (χ3v) is 3.37. The van der Waals surface area contributed by atoms with Gasteiger partial charge in [0, 0.05) is 24.0 Å². The summed E-state index contributed by atoms with van der Waals surface area (Å²) in [5, 5.41) is 2.85. The first kappa shape index (κ1) is 13.9. The molecule has 1 aromatic heterocycles. The zero-order valence-corrected chi connectivity index (χ0v) is 12.4. The second kappa shape index (κ2) is 6.06. The van der Waals surface area contributed by atoms with Crippen LogP contribution in [0.25, 0.3) is 11.0 Å². The third kappa shape index (κ3) is 3.26. The van der Waals surface area contributed by atoms with Gasteiger partial charge in [-0.25, -0.2) is 4.98 Å². The molecule has 1 heterocycles. The van der Waals surface area contributed by atoms with Gasteiger partial charge in [0.05, 0.1) is 11.0 Å². The fourth-order valence-corrected chi connectivity index (χ4v) is 2.27. The minimum Gasteiger partial charge on any atom is -0.369 e. The minimum absolute atomic E-state index is 0.0419. The van der Waals surface area contributed by atoms with E-state index in [1.54, 1.807) is 0 Å². The summed E-state index contributed by atoms with van der Waals surface area (Å²) < 4.78 is 2.83. The Hall–Kier alpha value is -1.56. The van der Waals surface area contributed by atoms with Gasteiger partial charge < -0.3 is 15.6 Å². The number of nitrogen functional groups attached to an aromatic ring is 1. The van der Waals surface area contributed by atoms with Crippen LogP contribution in [0.3, 0.4) is 0 Å². The molecule has 3 N–H and O–H groups in total. The molecule has 1 amide bonds. The Morgan fingerprint density at radius 2 is 2.32 bits per heavy atom. The van der Waals surface area contributed by atoms with Crippen LogP contribution in [0.15, 0.2) is 22.7 Å². The van der Waals surface area contributed by atoms with Crippen LogP contribution in [0.5, 0.6) is 0 Å². The van der Waals surface area contributed by atoms with E-state index in [1.807, 2.05) is 29.7 Å². The summed E-state index contributed by atoms with van der Waals surface area (Å²) in [6.45, 7) is 3.28. The van der Waals surface area contributed by atoms with Gasteiger partial charge in [-0.05, 0) is 24.6 Å². The van der Waals surface area contributed by atoms with Crippen molar-refractivity contribution in [2.45, 2.75) is 26.3 Å². The molecule has 5 nitrogen and oxygen atoms in total. The second-order valence-corrected chi connectivity index (χ2v) is 5.27. The number of nitrogens with two attached hydrogens (primary N) is 1. The van der Waals surface area contributed by atoms with Crippen LogP contribution in [0.1, 0.15) is 19.8 Å². The number of nitrogens with zero attached hydrogens (tertiary/aromatic N) is 2. The van der Waals surface area contributed by atoms with Crippen LogP contribution < -0.4 is 11.1 Å². The molecule has 102 valence electrons. The topological polar surface area (TPSA) is 72.9 Å². The first-order chi connectivity index (χ1) is 9.11. The largest absolute Gasteiger partial charge is 0.369 e. The van der Waals surface area contributed by atoms with Crippen LogP contribution >= 0.6 is 15.9 Å². The fourth-order valence-electron chi connectivity index (χ4n) is 1.92. The molecule has 0 aliphatic rings. The number of amides is 1. The maximum Gasteiger partial charge on any atom is 0.221 e. The molecule has 6 heteroatoms. The number of benzene rings is 1. The zero-order chi connectivity index (χ0) is 13.8. The van der Waals surface area contributed by atoms with Gasteiger partial charge in [-0.2, -0.15) is 0 Å². The Labute approximate surface area is 120 Å². The molecular weight excluding hydrogens is 308 g/mol. The quantitative estimate of drug-likeness (QED) is 0.886. The van der Waals surface area contributed by atoms with Gasteiger partial charge in [-0.15, -0.1) is 0 Å². The maximum atomic E-state index is 11.6. The molecule has 19 heavy (non-hydrogen) atoms. The van der Waals surface area contributed by atoms with Crippen molar-refractivity contribution in [3.05, 3.63) is 22.7 Å². The van der Waals surface area contributed by atoms with Gasteiger partial charge in [0.25, 0.3) is 0 Å². The minimum atomic E-state index is 0.0419. The molecule has 1 aromatic carbocycles. The van der Waals surface area contributed by atoms with Crippen LogP contribution in [0.2, 0.25) is 0 Å². The lowest BCUT2D eigenvalue weighted by atomic mass is 10.3. The van der Waals surface area contributed by atoms with Gasteiger partial charge >= 0.3 is 0 Å². The number of imidazole rings is 1. The van der Waals surface area contributed by atoms with Gasteiger partial charge in [-0.1, -0.05) is 22.9 Å². The number of hydrogen-bond acceptors (Lipinski definition) is 3. The Morgan fingerprint density at radius 3 is 3.05 bits per heavy atom. The average Bonchev–Trinajstić information content (AvgIpc) is 2.68. The number of aryl methyl sites for hydroxylation is 1. The van der Waals surface area contributed by atoms with Gasteiger partial charge in [-0.3, -0.25) is 4.79 Å². The molecule has 0 aliphatic carbocycles. The molecule has 0 saturated heterocycles. The van der Waals surface area contributed by atoms with Gasteiger partial charge in [0.2, 0.25) is 11.9 Å². The van der Waals surface area contributed by atoms with Crippen LogP contribution in [0, 0.1) is 0 Å². The highest BCUT2D eigenvalue weighted by Crippen LogP contribution is 2.22. The highest BCUT2D eigenvalue weighted by atomic mass is 79.9. The van der Waals surface area contributed by atoms with E-state index in [4.69, 9.17) is 5.73 Å². The fraction of sp³-hybridized carbons (Fsp3) is 0.385. The van der Waals surface area contributed by atoms with E-state index >= 15 is 0 Å². The summed E-state index contributed by atoms with van der Waals surface area (Å²) in [6, 6.07) is 5.81. The molecule has 2 aromatic rings. The number of anilines is 1. The molecule has 0 bridgehead atoms. The molecule has 0 atom stereocenters. The molecule has 0 fully saturated rings. The van der Waals surface area contributed by atoms with Crippen molar-refractivity contribution in [1.29, 1.82) is 0 Å². The monoisotopic (exact) mass is 324 g/mol. The molecule has 0 unspecified atom stereocenters. The Kier molecular flexibility index (Phi) is 4.42. The number of carbonyl (C=O) groups is 1.